The van der Waals surface area contributed by atoms with E-state index in [4.69, 9.17) is 33.4 Å². The number of rotatable bonds is 2. The lowest BCUT2D eigenvalue weighted by molar-refractivity contribution is 0.0696. The molecule has 1 rings (SSSR count). The Morgan fingerprint density at radius 1 is 0.875 bits per heavy atom. The van der Waals surface area contributed by atoms with Crippen LogP contribution in [0, 0.1) is 13.8 Å². The van der Waals surface area contributed by atoms with Gasteiger partial charge in [-0.05, 0) is 25.0 Å². The van der Waals surface area contributed by atoms with Gasteiger partial charge in [0.2, 0.25) is 0 Å². The average molecular weight is 263 g/mol. The molecule has 0 aliphatic rings. The van der Waals surface area contributed by atoms with Crippen LogP contribution in [0.2, 0.25) is 10.0 Å². The highest BCUT2D eigenvalue weighted by Crippen LogP contribution is 2.34. The van der Waals surface area contributed by atoms with Gasteiger partial charge in [-0.15, -0.1) is 0 Å². The Morgan fingerprint density at radius 3 is 1.44 bits per heavy atom. The van der Waals surface area contributed by atoms with Gasteiger partial charge in [0.15, 0.2) is 0 Å². The Kier molecular flexibility index (Phi) is 3.45. The number of carboxylic acid groups (broad SMARTS) is 2. The summed E-state index contributed by atoms with van der Waals surface area (Å²) in [7, 11) is 0. The van der Waals surface area contributed by atoms with Crippen LogP contribution in [0.1, 0.15) is 31.8 Å². The molecule has 0 amide bonds. The zero-order valence-corrected chi connectivity index (χ0v) is 9.98. The van der Waals surface area contributed by atoms with E-state index in [1.807, 2.05) is 0 Å². The Bertz CT molecular complexity index is 453. The molecule has 0 aromatic heterocycles. The van der Waals surface area contributed by atoms with Crippen molar-refractivity contribution in [3.05, 3.63) is 32.3 Å². The van der Waals surface area contributed by atoms with Gasteiger partial charge in [0.25, 0.3) is 0 Å². The van der Waals surface area contributed by atoms with Crippen molar-refractivity contribution in [2.45, 2.75) is 13.8 Å². The van der Waals surface area contributed by atoms with Crippen LogP contribution >= 0.6 is 23.2 Å². The topological polar surface area (TPSA) is 74.6 Å². The SMILES string of the molecule is Cc1c(Cl)c(C(=O)O)c(C)c(C(=O)O)c1Cl. The molecule has 1 aromatic rings. The van der Waals surface area contributed by atoms with Crippen molar-refractivity contribution < 1.29 is 19.8 Å². The molecule has 0 radical (unpaired) electrons. The van der Waals surface area contributed by atoms with E-state index in [0.717, 1.165) is 0 Å². The molecule has 86 valence electrons. The van der Waals surface area contributed by atoms with E-state index in [9.17, 15) is 9.59 Å². The van der Waals surface area contributed by atoms with Crippen LogP contribution in [0.25, 0.3) is 0 Å². The molecule has 0 heterocycles. The molecule has 0 saturated heterocycles. The van der Waals surface area contributed by atoms with E-state index in [1.54, 1.807) is 0 Å². The van der Waals surface area contributed by atoms with Crippen LogP contribution in [0.3, 0.4) is 0 Å². The molecular weight excluding hydrogens is 255 g/mol. The van der Waals surface area contributed by atoms with Crippen LogP contribution in [0.4, 0.5) is 0 Å². The number of carbonyl (C=O) groups is 2. The Balaban J connectivity index is 3.80. The number of halogens is 2. The number of aromatic carboxylic acids is 2. The van der Waals surface area contributed by atoms with Gasteiger partial charge < -0.3 is 10.2 Å². The predicted octanol–water partition coefficient (Wildman–Crippen LogP) is 3.01. The molecule has 2 N–H and O–H groups in total. The van der Waals surface area contributed by atoms with Crippen molar-refractivity contribution in [1.82, 2.24) is 0 Å². The highest BCUT2D eigenvalue weighted by atomic mass is 35.5. The normalized spacial score (nSPS) is 10.2. The third-order valence-corrected chi connectivity index (χ3v) is 3.22. The lowest BCUT2D eigenvalue weighted by Gasteiger charge is -2.12. The molecule has 6 heteroatoms. The monoisotopic (exact) mass is 262 g/mol. The fraction of sp³-hybridized carbons (Fsp3) is 0.200. The van der Waals surface area contributed by atoms with E-state index < -0.39 is 11.9 Å². The van der Waals surface area contributed by atoms with E-state index in [0.29, 0.717) is 0 Å². The van der Waals surface area contributed by atoms with Gasteiger partial charge in [0, 0.05) is 0 Å². The van der Waals surface area contributed by atoms with Crippen molar-refractivity contribution in [3.63, 3.8) is 0 Å². The van der Waals surface area contributed by atoms with E-state index >= 15 is 0 Å². The van der Waals surface area contributed by atoms with Crippen molar-refractivity contribution in [2.24, 2.45) is 0 Å². The fourth-order valence-electron chi connectivity index (χ4n) is 1.43. The summed E-state index contributed by atoms with van der Waals surface area (Å²) in [5, 5.41) is 17.8. The molecule has 0 unspecified atom stereocenters. The maximum atomic E-state index is 11.0. The second-order valence-corrected chi connectivity index (χ2v) is 3.99. The second kappa shape index (κ2) is 4.31. The molecule has 0 saturated carbocycles. The van der Waals surface area contributed by atoms with Gasteiger partial charge in [-0.3, -0.25) is 0 Å². The van der Waals surface area contributed by atoms with E-state index in [1.165, 1.54) is 13.8 Å². The third kappa shape index (κ3) is 1.86. The van der Waals surface area contributed by atoms with Crippen molar-refractivity contribution in [1.29, 1.82) is 0 Å². The summed E-state index contributed by atoms with van der Waals surface area (Å²) in [6.07, 6.45) is 0. The summed E-state index contributed by atoms with van der Waals surface area (Å²) in [6, 6.07) is 0. The maximum absolute atomic E-state index is 11.0. The highest BCUT2D eigenvalue weighted by Gasteiger charge is 2.24. The third-order valence-electron chi connectivity index (χ3n) is 2.28. The van der Waals surface area contributed by atoms with Gasteiger partial charge in [-0.2, -0.15) is 0 Å². The average Bonchev–Trinajstić information content (AvgIpc) is 2.13. The second-order valence-electron chi connectivity index (χ2n) is 3.24. The molecule has 0 fully saturated rings. The zero-order chi connectivity index (χ0) is 12.6. The van der Waals surface area contributed by atoms with Crippen molar-refractivity contribution in [3.8, 4) is 0 Å². The van der Waals surface area contributed by atoms with Crippen LogP contribution in [0.15, 0.2) is 0 Å². The Hall–Kier alpha value is -1.26. The lowest BCUT2D eigenvalue weighted by atomic mass is 9.99. The molecule has 0 aliphatic carbocycles. The number of carboxylic acids is 2. The predicted molar refractivity (Wildman–Crippen MR) is 59.9 cm³/mol. The van der Waals surface area contributed by atoms with Crippen LogP contribution in [-0.2, 0) is 0 Å². The standard InChI is InChI=1S/C10H8Cl2O4/c1-3-5(9(13)14)7(11)4(2)8(12)6(3)10(15)16/h1-2H3,(H,13,14)(H,15,16). The number of hydrogen-bond acceptors (Lipinski definition) is 2. The minimum absolute atomic E-state index is 0.0278. The minimum atomic E-state index is -1.27. The smallest absolute Gasteiger partial charge is 0.337 e. The first-order valence-electron chi connectivity index (χ1n) is 4.23. The minimum Gasteiger partial charge on any atom is -0.478 e. The van der Waals surface area contributed by atoms with Crippen molar-refractivity contribution >= 4 is 35.1 Å². The lowest BCUT2D eigenvalue weighted by Crippen LogP contribution is -2.10. The molecule has 0 spiro atoms. The van der Waals surface area contributed by atoms with Crippen LogP contribution < -0.4 is 0 Å². The van der Waals surface area contributed by atoms with Gasteiger partial charge in [-0.1, -0.05) is 23.2 Å². The molecule has 0 bridgehead atoms. The van der Waals surface area contributed by atoms with Gasteiger partial charge in [-0.25, -0.2) is 9.59 Å². The van der Waals surface area contributed by atoms with Gasteiger partial charge in [0.05, 0.1) is 21.2 Å². The van der Waals surface area contributed by atoms with Crippen molar-refractivity contribution in [2.75, 3.05) is 0 Å². The van der Waals surface area contributed by atoms with E-state index in [2.05, 4.69) is 0 Å². The summed E-state index contributed by atoms with van der Waals surface area (Å²) in [4.78, 5) is 21.9. The van der Waals surface area contributed by atoms with Gasteiger partial charge in [0.1, 0.15) is 0 Å². The first kappa shape index (κ1) is 12.8. The van der Waals surface area contributed by atoms with Gasteiger partial charge >= 0.3 is 11.9 Å². The van der Waals surface area contributed by atoms with Crippen LogP contribution in [-0.4, -0.2) is 22.2 Å². The molecule has 4 nitrogen and oxygen atoms in total. The largest absolute Gasteiger partial charge is 0.478 e. The quantitative estimate of drug-likeness (QED) is 0.859. The Morgan fingerprint density at radius 2 is 1.19 bits per heavy atom. The summed E-state index contributed by atoms with van der Waals surface area (Å²) >= 11 is 11.6. The molecule has 16 heavy (non-hydrogen) atoms. The summed E-state index contributed by atoms with van der Waals surface area (Å²) in [6.45, 7) is 2.84. The Labute approximate surface area is 101 Å². The first-order chi connectivity index (χ1) is 7.29. The molecule has 0 aliphatic heterocycles. The highest BCUT2D eigenvalue weighted by molar-refractivity contribution is 6.39. The summed E-state index contributed by atoms with van der Waals surface area (Å²) < 4.78 is 0. The molecule has 1 aromatic carbocycles. The molecular formula is C10H8Cl2O4. The fourth-order valence-corrected chi connectivity index (χ4v) is 2.12. The summed E-state index contributed by atoms with van der Waals surface area (Å²) in [5.41, 5.74) is -0.133. The first-order valence-corrected chi connectivity index (χ1v) is 4.99. The number of benzene rings is 1. The molecule has 0 atom stereocenters. The summed E-state index contributed by atoms with van der Waals surface area (Å²) in [5.74, 6) is -2.55. The number of hydrogen-bond donors (Lipinski definition) is 2. The van der Waals surface area contributed by atoms with Crippen LogP contribution in [0.5, 0.6) is 0 Å². The zero-order valence-electron chi connectivity index (χ0n) is 8.47. The maximum Gasteiger partial charge on any atom is 0.337 e. The van der Waals surface area contributed by atoms with E-state index in [-0.39, 0.29) is 32.3 Å².